The highest BCUT2D eigenvalue weighted by molar-refractivity contribution is 5.37. The molecule has 1 aromatic carbocycles. The molecule has 0 aliphatic carbocycles. The molecule has 0 fully saturated rings. The lowest BCUT2D eigenvalue weighted by Crippen LogP contribution is -2.42. The van der Waals surface area contributed by atoms with E-state index in [9.17, 15) is 0 Å². The smallest absolute Gasteiger partial charge is 0.123 e. The Morgan fingerprint density at radius 3 is 3.05 bits per heavy atom. The Kier molecular flexibility index (Phi) is 4.25. The van der Waals surface area contributed by atoms with Gasteiger partial charge in [-0.3, -0.25) is 0 Å². The zero-order valence-electron chi connectivity index (χ0n) is 12.7. The molecule has 2 aromatic rings. The second-order valence-electron chi connectivity index (χ2n) is 5.60. The zero-order valence-corrected chi connectivity index (χ0v) is 12.7. The summed E-state index contributed by atoms with van der Waals surface area (Å²) in [4.78, 5) is 4.51. The molecule has 4 nitrogen and oxygen atoms in total. The molecule has 0 spiro atoms. The summed E-state index contributed by atoms with van der Waals surface area (Å²) in [5, 5.41) is 3.41. The van der Waals surface area contributed by atoms with Crippen molar-refractivity contribution in [2.45, 2.75) is 44.9 Å². The highest BCUT2D eigenvalue weighted by atomic mass is 16.5. The van der Waals surface area contributed by atoms with E-state index in [0.717, 1.165) is 37.4 Å². The number of ether oxygens (including phenoxy) is 1. The number of benzene rings is 1. The fraction of sp³-hybridized carbons (Fsp3) is 0.471. The van der Waals surface area contributed by atoms with E-state index in [4.69, 9.17) is 4.74 Å². The predicted molar refractivity (Wildman–Crippen MR) is 83.6 cm³/mol. The van der Waals surface area contributed by atoms with Crippen LogP contribution in [-0.2, 0) is 19.4 Å². The molecule has 2 unspecified atom stereocenters. The Labute approximate surface area is 126 Å². The number of nitrogens with zero attached hydrogens (tertiary/aromatic N) is 2. The monoisotopic (exact) mass is 285 g/mol. The van der Waals surface area contributed by atoms with Crippen LogP contribution >= 0.6 is 0 Å². The lowest BCUT2D eigenvalue weighted by atomic mass is 10.0. The third kappa shape index (κ3) is 2.95. The molecular weight excluding hydrogens is 262 g/mol. The van der Waals surface area contributed by atoms with Crippen LogP contribution in [0, 0.1) is 0 Å². The molecule has 0 saturated carbocycles. The van der Waals surface area contributed by atoms with Gasteiger partial charge in [-0.1, -0.05) is 25.1 Å². The fourth-order valence-corrected chi connectivity index (χ4v) is 3.02. The van der Waals surface area contributed by atoms with Crippen LogP contribution in [-0.4, -0.2) is 28.7 Å². The number of nitrogens with one attached hydrogen (secondary N) is 1. The van der Waals surface area contributed by atoms with Gasteiger partial charge in [0.05, 0.1) is 6.04 Å². The van der Waals surface area contributed by atoms with Crippen molar-refractivity contribution < 1.29 is 4.74 Å². The molecule has 0 saturated heterocycles. The van der Waals surface area contributed by atoms with Crippen molar-refractivity contribution in [1.29, 1.82) is 0 Å². The molecule has 0 radical (unpaired) electrons. The Morgan fingerprint density at radius 1 is 1.43 bits per heavy atom. The Morgan fingerprint density at radius 2 is 2.29 bits per heavy atom. The first-order chi connectivity index (χ1) is 10.3. The Bertz CT molecular complexity index is 568. The van der Waals surface area contributed by atoms with Crippen molar-refractivity contribution in [2.75, 3.05) is 7.05 Å². The average Bonchev–Trinajstić information content (AvgIpc) is 3.11. The van der Waals surface area contributed by atoms with Crippen molar-refractivity contribution in [3.8, 4) is 5.75 Å². The first-order valence-corrected chi connectivity index (χ1v) is 7.73. The third-order valence-corrected chi connectivity index (χ3v) is 4.16. The summed E-state index contributed by atoms with van der Waals surface area (Å²) >= 11 is 0. The molecule has 1 aliphatic rings. The summed E-state index contributed by atoms with van der Waals surface area (Å²) in [6.07, 6.45) is 7.12. The van der Waals surface area contributed by atoms with Gasteiger partial charge >= 0.3 is 0 Å². The minimum absolute atomic E-state index is 0.180. The van der Waals surface area contributed by atoms with Gasteiger partial charge in [0.15, 0.2) is 0 Å². The summed E-state index contributed by atoms with van der Waals surface area (Å²) in [7, 11) is 2.00. The summed E-state index contributed by atoms with van der Waals surface area (Å²) in [6, 6.07) is 8.59. The number of likely N-dealkylation sites (N-methyl/N-ethyl adjacent to an activating group) is 1. The fourth-order valence-electron chi connectivity index (χ4n) is 3.02. The molecule has 2 atom stereocenters. The van der Waals surface area contributed by atoms with Gasteiger partial charge in [-0.15, -0.1) is 0 Å². The van der Waals surface area contributed by atoms with Gasteiger partial charge in [0.2, 0.25) is 0 Å². The molecular formula is C17H23N3O. The maximum atomic E-state index is 6.11. The van der Waals surface area contributed by atoms with E-state index < -0.39 is 0 Å². The molecule has 1 aromatic heterocycles. The number of aryl methyl sites for hydroxylation is 1. The van der Waals surface area contributed by atoms with E-state index in [1.165, 1.54) is 5.56 Å². The lowest BCUT2D eigenvalue weighted by molar-refractivity contribution is 0.180. The minimum Gasteiger partial charge on any atom is -0.488 e. The molecule has 112 valence electrons. The largest absolute Gasteiger partial charge is 0.488 e. The molecule has 0 amide bonds. The van der Waals surface area contributed by atoms with E-state index in [2.05, 4.69) is 46.2 Å². The maximum Gasteiger partial charge on any atom is 0.123 e. The zero-order chi connectivity index (χ0) is 14.7. The van der Waals surface area contributed by atoms with E-state index in [0.29, 0.717) is 0 Å². The van der Waals surface area contributed by atoms with Gasteiger partial charge in [0.25, 0.3) is 0 Å². The first-order valence-electron chi connectivity index (χ1n) is 7.73. The summed E-state index contributed by atoms with van der Waals surface area (Å²) in [6.45, 7) is 3.22. The van der Waals surface area contributed by atoms with Crippen LogP contribution in [0.1, 0.15) is 24.7 Å². The number of hydrogen-bond donors (Lipinski definition) is 1. The van der Waals surface area contributed by atoms with Crippen molar-refractivity contribution in [1.82, 2.24) is 14.9 Å². The van der Waals surface area contributed by atoms with Gasteiger partial charge in [-0.25, -0.2) is 4.98 Å². The van der Waals surface area contributed by atoms with Crippen molar-refractivity contribution in [2.24, 2.45) is 0 Å². The van der Waals surface area contributed by atoms with Gasteiger partial charge in [-0.2, -0.15) is 0 Å². The van der Waals surface area contributed by atoms with Gasteiger partial charge in [-0.05, 0) is 25.1 Å². The second-order valence-corrected chi connectivity index (χ2v) is 5.60. The third-order valence-electron chi connectivity index (χ3n) is 4.16. The van der Waals surface area contributed by atoms with Crippen LogP contribution in [0.5, 0.6) is 5.75 Å². The van der Waals surface area contributed by atoms with Crippen LogP contribution in [0.15, 0.2) is 36.7 Å². The van der Waals surface area contributed by atoms with Crippen molar-refractivity contribution >= 4 is 0 Å². The van der Waals surface area contributed by atoms with Gasteiger partial charge in [0.1, 0.15) is 17.7 Å². The summed E-state index contributed by atoms with van der Waals surface area (Å²) < 4.78 is 8.35. The van der Waals surface area contributed by atoms with Crippen molar-refractivity contribution in [3.63, 3.8) is 0 Å². The van der Waals surface area contributed by atoms with Gasteiger partial charge in [0, 0.05) is 31.8 Å². The highest BCUT2D eigenvalue weighted by Crippen LogP contribution is 2.30. The number of rotatable bonds is 6. The molecule has 21 heavy (non-hydrogen) atoms. The second kappa shape index (κ2) is 6.31. The van der Waals surface area contributed by atoms with Crippen LogP contribution in [0.25, 0.3) is 0 Å². The number of imidazole rings is 1. The lowest BCUT2D eigenvalue weighted by Gasteiger charge is -2.23. The molecule has 3 rings (SSSR count). The number of hydrogen-bond acceptors (Lipinski definition) is 3. The van der Waals surface area contributed by atoms with Gasteiger partial charge < -0.3 is 14.6 Å². The quantitative estimate of drug-likeness (QED) is 0.886. The normalized spacial score (nSPS) is 18.3. The number of fused-ring (bicyclic) bond motifs is 1. The maximum absolute atomic E-state index is 6.11. The van der Waals surface area contributed by atoms with E-state index in [-0.39, 0.29) is 12.1 Å². The van der Waals surface area contributed by atoms with Crippen molar-refractivity contribution in [3.05, 3.63) is 48.0 Å². The topological polar surface area (TPSA) is 39.1 Å². The molecule has 4 heteroatoms. The Hall–Kier alpha value is -1.81. The van der Waals surface area contributed by atoms with Crippen LogP contribution < -0.4 is 10.1 Å². The Balaban J connectivity index is 1.70. The summed E-state index contributed by atoms with van der Waals surface area (Å²) in [5.41, 5.74) is 1.31. The standard InChI is InChI=1S/C17H23N3O/c1-3-9-20-10-8-19-17(20)12-14(18-2)16-11-13-6-4-5-7-15(13)21-16/h4-8,10,14,16,18H,3,9,11-12H2,1-2H3. The van der Waals surface area contributed by atoms with E-state index in [1.54, 1.807) is 0 Å². The molecule has 1 N–H and O–H groups in total. The van der Waals surface area contributed by atoms with E-state index in [1.807, 2.05) is 19.3 Å². The SMILES string of the molecule is CCCn1ccnc1CC(NC)C1Cc2ccccc2O1. The average molecular weight is 285 g/mol. The number of aromatic nitrogens is 2. The van der Waals surface area contributed by atoms with Crippen LogP contribution in [0.4, 0.5) is 0 Å². The summed E-state index contributed by atoms with van der Waals surface area (Å²) in [5.74, 6) is 2.16. The van der Waals surface area contributed by atoms with Crippen LogP contribution in [0.2, 0.25) is 0 Å². The molecule has 2 heterocycles. The molecule has 1 aliphatic heterocycles. The van der Waals surface area contributed by atoms with Crippen LogP contribution in [0.3, 0.4) is 0 Å². The van der Waals surface area contributed by atoms with E-state index >= 15 is 0 Å². The minimum atomic E-state index is 0.180. The molecule has 0 bridgehead atoms. The number of para-hydroxylation sites is 1. The highest BCUT2D eigenvalue weighted by Gasteiger charge is 2.30. The predicted octanol–water partition coefficient (Wildman–Crippen LogP) is 2.43. The first kappa shape index (κ1) is 14.1.